The third kappa shape index (κ3) is 3.70. The highest BCUT2D eigenvalue weighted by Gasteiger charge is 2.30. The zero-order chi connectivity index (χ0) is 14.5. The van der Waals surface area contributed by atoms with E-state index in [0.29, 0.717) is 23.5 Å². The molecule has 0 amide bonds. The maximum Gasteiger partial charge on any atom is 0.182 e. The summed E-state index contributed by atoms with van der Waals surface area (Å²) >= 11 is 0. The van der Waals surface area contributed by atoms with Gasteiger partial charge in [0, 0.05) is 6.04 Å². The van der Waals surface area contributed by atoms with Gasteiger partial charge in [-0.15, -0.1) is 0 Å². The predicted octanol–water partition coefficient (Wildman–Crippen LogP) is 2.37. The van der Waals surface area contributed by atoms with Crippen LogP contribution >= 0.6 is 0 Å². The highest BCUT2D eigenvalue weighted by Crippen LogP contribution is 2.24. The van der Waals surface area contributed by atoms with E-state index >= 15 is 0 Å². The summed E-state index contributed by atoms with van der Waals surface area (Å²) in [5.74, 6) is 0.643. The molecule has 0 bridgehead atoms. The molecule has 0 aromatic heterocycles. The van der Waals surface area contributed by atoms with Gasteiger partial charge in [-0.1, -0.05) is 20.3 Å². The average Bonchev–Trinajstić information content (AvgIpc) is 2.39. The summed E-state index contributed by atoms with van der Waals surface area (Å²) in [7, 11) is -1.83. The van der Waals surface area contributed by atoms with E-state index in [-0.39, 0.29) is 6.04 Å². The summed E-state index contributed by atoms with van der Waals surface area (Å²) in [4.78, 5) is 0.312. The van der Waals surface area contributed by atoms with E-state index in [9.17, 15) is 8.42 Å². The maximum atomic E-state index is 12.6. The molecular formula is C14H23NO3S. The second-order valence-corrected chi connectivity index (χ2v) is 6.79. The first kappa shape index (κ1) is 16.0. The molecule has 0 aliphatic rings. The largest absolute Gasteiger partial charge is 0.497 e. The summed E-state index contributed by atoms with van der Waals surface area (Å²) in [6.45, 7) is 3.87. The number of nitrogens with two attached hydrogens (primary N) is 1. The smallest absolute Gasteiger partial charge is 0.182 e. The van der Waals surface area contributed by atoms with Crippen molar-refractivity contribution in [3.63, 3.8) is 0 Å². The number of ether oxygens (including phenoxy) is 1. The van der Waals surface area contributed by atoms with Crippen LogP contribution < -0.4 is 10.5 Å². The minimum absolute atomic E-state index is 0.312. The van der Waals surface area contributed by atoms with Gasteiger partial charge < -0.3 is 10.5 Å². The molecule has 1 rings (SSSR count). The Kier molecular flexibility index (Phi) is 5.82. The predicted molar refractivity (Wildman–Crippen MR) is 77.1 cm³/mol. The van der Waals surface area contributed by atoms with Crippen molar-refractivity contribution in [3.05, 3.63) is 24.3 Å². The van der Waals surface area contributed by atoms with Gasteiger partial charge >= 0.3 is 0 Å². The Hall–Kier alpha value is -1.07. The summed E-state index contributed by atoms with van der Waals surface area (Å²) in [5, 5.41) is -0.527. The van der Waals surface area contributed by atoms with Crippen LogP contribution in [0, 0.1) is 0 Å². The van der Waals surface area contributed by atoms with Crippen molar-refractivity contribution in [1.82, 2.24) is 0 Å². The molecule has 0 saturated heterocycles. The van der Waals surface area contributed by atoms with Crippen LogP contribution in [0.2, 0.25) is 0 Å². The van der Waals surface area contributed by atoms with Gasteiger partial charge in [0.05, 0.1) is 17.3 Å². The lowest BCUT2D eigenvalue weighted by Gasteiger charge is -2.22. The number of hydrogen-bond donors (Lipinski definition) is 1. The lowest BCUT2D eigenvalue weighted by molar-refractivity contribution is 0.414. The molecule has 4 nitrogen and oxygen atoms in total. The van der Waals surface area contributed by atoms with Crippen LogP contribution in [-0.4, -0.2) is 26.8 Å². The van der Waals surface area contributed by atoms with Gasteiger partial charge in [-0.25, -0.2) is 8.42 Å². The molecule has 0 fully saturated rings. The average molecular weight is 285 g/mol. The number of benzene rings is 1. The Labute approximate surface area is 115 Å². The molecule has 19 heavy (non-hydrogen) atoms. The van der Waals surface area contributed by atoms with Crippen molar-refractivity contribution in [2.24, 2.45) is 5.73 Å². The van der Waals surface area contributed by atoms with E-state index in [1.54, 1.807) is 31.4 Å². The van der Waals surface area contributed by atoms with Gasteiger partial charge in [-0.2, -0.15) is 0 Å². The fourth-order valence-electron chi connectivity index (χ4n) is 2.21. The molecule has 0 radical (unpaired) electrons. The highest BCUT2D eigenvalue weighted by atomic mass is 32.2. The number of sulfone groups is 1. The lowest BCUT2D eigenvalue weighted by atomic mass is 10.1. The first-order chi connectivity index (χ1) is 8.97. The van der Waals surface area contributed by atoms with E-state index in [0.717, 1.165) is 6.42 Å². The van der Waals surface area contributed by atoms with Gasteiger partial charge in [0.15, 0.2) is 9.84 Å². The van der Waals surface area contributed by atoms with E-state index in [1.807, 2.05) is 13.8 Å². The van der Waals surface area contributed by atoms with Gasteiger partial charge in [-0.3, -0.25) is 0 Å². The third-order valence-corrected chi connectivity index (χ3v) is 5.70. The Bertz CT molecular complexity index is 482. The molecule has 2 atom stereocenters. The normalized spacial score (nSPS) is 14.9. The quantitative estimate of drug-likeness (QED) is 0.835. The summed E-state index contributed by atoms with van der Waals surface area (Å²) in [6, 6.07) is 6.16. The molecule has 0 heterocycles. The summed E-state index contributed by atoms with van der Waals surface area (Å²) in [6.07, 6.45) is 2.12. The van der Waals surface area contributed by atoms with E-state index < -0.39 is 15.1 Å². The Morgan fingerprint density at radius 3 is 2.21 bits per heavy atom. The van der Waals surface area contributed by atoms with Gasteiger partial charge in [0.2, 0.25) is 0 Å². The molecule has 2 unspecified atom stereocenters. The van der Waals surface area contributed by atoms with Crippen LogP contribution in [0.15, 0.2) is 29.2 Å². The summed E-state index contributed by atoms with van der Waals surface area (Å²) in [5.41, 5.74) is 6.01. The zero-order valence-electron chi connectivity index (χ0n) is 11.8. The van der Waals surface area contributed by atoms with Crippen molar-refractivity contribution in [2.45, 2.75) is 49.3 Å². The third-order valence-electron chi connectivity index (χ3n) is 3.29. The van der Waals surface area contributed by atoms with Crippen molar-refractivity contribution in [3.8, 4) is 5.75 Å². The Morgan fingerprint density at radius 1 is 1.21 bits per heavy atom. The number of rotatable bonds is 7. The second-order valence-electron chi connectivity index (χ2n) is 4.62. The minimum Gasteiger partial charge on any atom is -0.497 e. The SMILES string of the molecule is CCCC(N)C(CC)S(=O)(=O)c1ccc(OC)cc1. The van der Waals surface area contributed by atoms with Crippen LogP contribution in [0.1, 0.15) is 33.1 Å². The fraction of sp³-hybridized carbons (Fsp3) is 0.571. The van der Waals surface area contributed by atoms with E-state index in [1.165, 1.54) is 0 Å². The summed E-state index contributed by atoms with van der Waals surface area (Å²) < 4.78 is 30.2. The fourth-order valence-corrected chi connectivity index (χ4v) is 4.11. The molecule has 1 aromatic carbocycles. The van der Waals surface area contributed by atoms with Gasteiger partial charge in [0.25, 0.3) is 0 Å². The van der Waals surface area contributed by atoms with Crippen molar-refractivity contribution in [1.29, 1.82) is 0 Å². The first-order valence-electron chi connectivity index (χ1n) is 6.60. The molecular weight excluding hydrogens is 262 g/mol. The van der Waals surface area contributed by atoms with Crippen LogP contribution in [-0.2, 0) is 9.84 Å². The van der Waals surface area contributed by atoms with E-state index in [4.69, 9.17) is 10.5 Å². The monoisotopic (exact) mass is 285 g/mol. The lowest BCUT2D eigenvalue weighted by Crippen LogP contribution is -2.40. The molecule has 0 spiro atoms. The van der Waals surface area contributed by atoms with Crippen LogP contribution in [0.25, 0.3) is 0 Å². The highest BCUT2D eigenvalue weighted by molar-refractivity contribution is 7.92. The minimum atomic E-state index is -3.38. The molecule has 5 heteroatoms. The van der Waals surface area contributed by atoms with Gasteiger partial charge in [0.1, 0.15) is 5.75 Å². The Balaban J connectivity index is 3.05. The zero-order valence-corrected chi connectivity index (χ0v) is 12.6. The van der Waals surface area contributed by atoms with Gasteiger partial charge in [-0.05, 0) is 37.1 Å². The number of methoxy groups -OCH3 is 1. The second kappa shape index (κ2) is 6.91. The molecule has 2 N–H and O–H groups in total. The van der Waals surface area contributed by atoms with Crippen LogP contribution in [0.3, 0.4) is 0 Å². The molecule has 0 aliphatic heterocycles. The molecule has 0 aliphatic carbocycles. The van der Waals surface area contributed by atoms with Crippen molar-refractivity contribution >= 4 is 9.84 Å². The number of hydrogen-bond acceptors (Lipinski definition) is 4. The van der Waals surface area contributed by atoms with Crippen molar-refractivity contribution < 1.29 is 13.2 Å². The van der Waals surface area contributed by atoms with Crippen molar-refractivity contribution in [2.75, 3.05) is 7.11 Å². The standard InChI is InChI=1S/C14H23NO3S/c1-4-6-13(15)14(5-2)19(16,17)12-9-7-11(18-3)8-10-12/h7-10,13-14H,4-6,15H2,1-3H3. The maximum absolute atomic E-state index is 12.6. The topological polar surface area (TPSA) is 69.4 Å². The van der Waals surface area contributed by atoms with Crippen LogP contribution in [0.4, 0.5) is 0 Å². The first-order valence-corrected chi connectivity index (χ1v) is 8.15. The molecule has 108 valence electrons. The Morgan fingerprint density at radius 2 is 1.79 bits per heavy atom. The van der Waals surface area contributed by atoms with Crippen LogP contribution in [0.5, 0.6) is 5.75 Å². The molecule has 1 aromatic rings. The van der Waals surface area contributed by atoms with E-state index in [2.05, 4.69) is 0 Å². The molecule has 0 saturated carbocycles.